The Morgan fingerprint density at radius 2 is 2.10 bits per heavy atom. The second-order valence-electron chi connectivity index (χ2n) is 7.32. The minimum Gasteiger partial charge on any atom is -0.361 e. The highest BCUT2D eigenvalue weighted by atomic mass is 32.1. The highest BCUT2D eigenvalue weighted by Crippen LogP contribution is 2.36. The van der Waals surface area contributed by atoms with Crippen molar-refractivity contribution in [3.05, 3.63) is 58.2 Å². The molecule has 1 atom stereocenters. The van der Waals surface area contributed by atoms with Gasteiger partial charge in [-0.3, -0.25) is 9.59 Å². The number of aryl methyl sites for hydroxylation is 1. The molecule has 2 amide bonds. The Balaban J connectivity index is 1.56. The molecule has 0 bridgehead atoms. The summed E-state index contributed by atoms with van der Waals surface area (Å²) in [6.45, 7) is 2.68. The summed E-state index contributed by atoms with van der Waals surface area (Å²) in [6, 6.07) is 11.6. The molecule has 2 aromatic heterocycles. The van der Waals surface area contributed by atoms with Gasteiger partial charge in [0.25, 0.3) is 5.91 Å². The third-order valence-corrected chi connectivity index (χ3v) is 6.35. The van der Waals surface area contributed by atoms with Gasteiger partial charge in [0, 0.05) is 38.2 Å². The Morgan fingerprint density at radius 3 is 2.79 bits per heavy atom. The number of nitrogens with zero attached hydrogens (tertiary/aromatic N) is 3. The van der Waals surface area contributed by atoms with E-state index in [1.807, 2.05) is 43.3 Å². The zero-order valence-corrected chi connectivity index (χ0v) is 17.2. The van der Waals surface area contributed by atoms with Crippen molar-refractivity contribution < 1.29 is 14.1 Å². The topological polar surface area (TPSA) is 88.3 Å². The van der Waals surface area contributed by atoms with Gasteiger partial charge >= 0.3 is 0 Å². The predicted octanol–water partition coefficient (Wildman–Crippen LogP) is 2.93. The summed E-state index contributed by atoms with van der Waals surface area (Å²) in [5, 5.41) is 6.92. The SMILES string of the molecule is CNC(=O)[C@@]1(Cc2cc(-c3ccccc3)no2)CCN(C(=O)c2scnc2C)C1. The van der Waals surface area contributed by atoms with Crippen LogP contribution in [0.3, 0.4) is 0 Å². The second kappa shape index (κ2) is 7.79. The van der Waals surface area contributed by atoms with E-state index in [-0.39, 0.29) is 11.8 Å². The van der Waals surface area contributed by atoms with Crippen molar-refractivity contribution in [3.8, 4) is 11.3 Å². The summed E-state index contributed by atoms with van der Waals surface area (Å²) in [6.07, 6.45) is 0.954. The van der Waals surface area contributed by atoms with Gasteiger partial charge in [0.1, 0.15) is 16.3 Å². The number of benzene rings is 1. The van der Waals surface area contributed by atoms with Gasteiger partial charge < -0.3 is 14.7 Å². The van der Waals surface area contributed by atoms with Crippen LogP contribution >= 0.6 is 11.3 Å². The van der Waals surface area contributed by atoms with E-state index >= 15 is 0 Å². The van der Waals surface area contributed by atoms with E-state index in [9.17, 15) is 9.59 Å². The lowest BCUT2D eigenvalue weighted by Gasteiger charge is -2.26. The van der Waals surface area contributed by atoms with Crippen molar-refractivity contribution in [1.82, 2.24) is 20.4 Å². The molecule has 3 aromatic rings. The first kappa shape index (κ1) is 19.3. The molecule has 7 nitrogen and oxygen atoms in total. The number of likely N-dealkylation sites (tertiary alicyclic amines) is 1. The molecule has 1 saturated heterocycles. The molecule has 1 aliphatic heterocycles. The van der Waals surface area contributed by atoms with E-state index in [4.69, 9.17) is 4.52 Å². The van der Waals surface area contributed by atoms with Crippen LogP contribution in [0.5, 0.6) is 0 Å². The fraction of sp³-hybridized carbons (Fsp3) is 0.333. The van der Waals surface area contributed by atoms with Crippen molar-refractivity contribution >= 4 is 23.2 Å². The molecule has 150 valence electrons. The molecule has 0 spiro atoms. The van der Waals surface area contributed by atoms with Crippen molar-refractivity contribution in [2.75, 3.05) is 20.1 Å². The van der Waals surface area contributed by atoms with Crippen molar-refractivity contribution in [2.45, 2.75) is 19.8 Å². The molecule has 1 fully saturated rings. The first-order valence-electron chi connectivity index (χ1n) is 9.45. The molecule has 1 aliphatic rings. The molecular weight excluding hydrogens is 388 g/mol. The van der Waals surface area contributed by atoms with Crippen LogP contribution in [0.1, 0.15) is 27.5 Å². The molecule has 4 rings (SSSR count). The number of carbonyl (C=O) groups excluding carboxylic acids is 2. The summed E-state index contributed by atoms with van der Waals surface area (Å²) >= 11 is 1.33. The number of hydrogen-bond donors (Lipinski definition) is 1. The predicted molar refractivity (Wildman–Crippen MR) is 110 cm³/mol. The summed E-state index contributed by atoms with van der Waals surface area (Å²) in [7, 11) is 1.62. The van der Waals surface area contributed by atoms with E-state index in [1.54, 1.807) is 17.5 Å². The summed E-state index contributed by atoms with van der Waals surface area (Å²) < 4.78 is 5.55. The smallest absolute Gasteiger partial charge is 0.265 e. The van der Waals surface area contributed by atoms with E-state index in [2.05, 4.69) is 15.5 Å². The molecule has 0 unspecified atom stereocenters. The first-order chi connectivity index (χ1) is 14.0. The Bertz CT molecular complexity index is 1030. The van der Waals surface area contributed by atoms with Gasteiger partial charge in [0.15, 0.2) is 0 Å². The number of amides is 2. The van der Waals surface area contributed by atoms with Crippen LogP contribution in [0.4, 0.5) is 0 Å². The normalized spacial score (nSPS) is 18.8. The monoisotopic (exact) mass is 410 g/mol. The van der Waals surface area contributed by atoms with Crippen LogP contribution in [0, 0.1) is 12.3 Å². The zero-order chi connectivity index (χ0) is 20.4. The maximum Gasteiger partial charge on any atom is 0.265 e. The summed E-state index contributed by atoms with van der Waals surface area (Å²) in [4.78, 5) is 32.2. The third-order valence-electron chi connectivity index (χ3n) is 5.43. The number of aromatic nitrogens is 2. The lowest BCUT2D eigenvalue weighted by molar-refractivity contribution is -0.130. The minimum atomic E-state index is -0.740. The Morgan fingerprint density at radius 1 is 1.31 bits per heavy atom. The maximum atomic E-state index is 12.9. The van der Waals surface area contributed by atoms with Gasteiger partial charge in [-0.2, -0.15) is 0 Å². The molecule has 0 aliphatic carbocycles. The van der Waals surface area contributed by atoms with Crippen LogP contribution < -0.4 is 5.32 Å². The number of nitrogens with one attached hydrogen (secondary N) is 1. The van der Waals surface area contributed by atoms with E-state index in [1.165, 1.54) is 11.3 Å². The number of carbonyl (C=O) groups is 2. The molecule has 0 radical (unpaired) electrons. The van der Waals surface area contributed by atoms with E-state index in [0.29, 0.717) is 36.6 Å². The maximum absolute atomic E-state index is 12.9. The summed E-state index contributed by atoms with van der Waals surface area (Å²) in [5.74, 6) is 0.473. The standard InChI is InChI=1S/C21H22N4O3S/c1-14-18(29-13-23-14)19(26)25-9-8-21(12-25,20(27)22-2)11-16-10-17(24-28-16)15-6-4-3-5-7-15/h3-7,10,13H,8-9,11-12H2,1-2H3,(H,22,27)/t21-/m1/s1. The molecule has 3 heterocycles. The van der Waals surface area contributed by atoms with Gasteiger partial charge in [0.05, 0.1) is 16.6 Å². The van der Waals surface area contributed by atoms with Gasteiger partial charge in [-0.1, -0.05) is 35.5 Å². The van der Waals surface area contributed by atoms with Crippen LogP contribution in [-0.4, -0.2) is 47.0 Å². The Hall–Kier alpha value is -3.00. The first-order valence-corrected chi connectivity index (χ1v) is 10.3. The summed E-state index contributed by atoms with van der Waals surface area (Å²) in [5.41, 5.74) is 3.35. The van der Waals surface area contributed by atoms with Crippen molar-refractivity contribution in [2.24, 2.45) is 5.41 Å². The molecule has 1 N–H and O–H groups in total. The van der Waals surface area contributed by atoms with Crippen LogP contribution in [0.25, 0.3) is 11.3 Å². The average molecular weight is 410 g/mol. The number of thiazole rings is 1. The number of hydrogen-bond acceptors (Lipinski definition) is 6. The van der Waals surface area contributed by atoms with Crippen LogP contribution in [0.2, 0.25) is 0 Å². The van der Waals surface area contributed by atoms with Gasteiger partial charge in [-0.05, 0) is 13.3 Å². The largest absolute Gasteiger partial charge is 0.361 e. The molecule has 29 heavy (non-hydrogen) atoms. The van der Waals surface area contributed by atoms with Crippen LogP contribution in [-0.2, 0) is 11.2 Å². The van der Waals surface area contributed by atoms with Crippen LogP contribution in [0.15, 0.2) is 46.4 Å². The lowest BCUT2D eigenvalue weighted by atomic mass is 9.81. The molecule has 1 aromatic carbocycles. The Labute approximate surface area is 172 Å². The fourth-order valence-electron chi connectivity index (χ4n) is 3.85. The van der Waals surface area contributed by atoms with E-state index < -0.39 is 5.41 Å². The Kier molecular flexibility index (Phi) is 5.19. The third kappa shape index (κ3) is 3.67. The van der Waals surface area contributed by atoms with Crippen molar-refractivity contribution in [3.63, 3.8) is 0 Å². The molecular formula is C21H22N4O3S. The van der Waals surface area contributed by atoms with Crippen molar-refractivity contribution in [1.29, 1.82) is 0 Å². The zero-order valence-electron chi connectivity index (χ0n) is 16.3. The quantitative estimate of drug-likeness (QED) is 0.699. The van der Waals surface area contributed by atoms with Gasteiger partial charge in [0.2, 0.25) is 5.91 Å². The van der Waals surface area contributed by atoms with E-state index in [0.717, 1.165) is 17.0 Å². The highest BCUT2D eigenvalue weighted by Gasteiger charge is 2.47. The second-order valence-corrected chi connectivity index (χ2v) is 8.18. The van der Waals surface area contributed by atoms with Gasteiger partial charge in [-0.15, -0.1) is 11.3 Å². The minimum absolute atomic E-state index is 0.0710. The van der Waals surface area contributed by atoms with Gasteiger partial charge in [-0.25, -0.2) is 4.98 Å². The molecule has 8 heteroatoms. The lowest BCUT2D eigenvalue weighted by Crippen LogP contribution is -2.44. The fourth-order valence-corrected chi connectivity index (χ4v) is 4.62. The number of rotatable bonds is 5. The highest BCUT2D eigenvalue weighted by molar-refractivity contribution is 7.11. The molecule has 0 saturated carbocycles. The average Bonchev–Trinajstić information content (AvgIpc) is 3.48.